The number of sulfonamides is 1. The van der Waals surface area contributed by atoms with Gasteiger partial charge in [-0.05, 0) is 36.2 Å². The van der Waals surface area contributed by atoms with Gasteiger partial charge in [-0.15, -0.1) is 12.4 Å². The third kappa shape index (κ3) is 6.22. The zero-order chi connectivity index (χ0) is 17.8. The molecule has 9 heteroatoms. The standard InChI is InChI=1S/C15H24ClN3O3S.ClH/c1-15(2,10-17)11-18(3)14(20)9-19(4)23(21,22)13-7-5-12(16)6-8-13;/h5-8H,9-11,17H2,1-4H3;1H. The molecule has 0 aliphatic rings. The minimum atomic E-state index is -3.73. The Morgan fingerprint density at radius 2 is 1.71 bits per heavy atom. The molecule has 0 spiro atoms. The number of carbonyl (C=O) groups is 1. The first-order chi connectivity index (χ1) is 10.5. The lowest BCUT2D eigenvalue weighted by Crippen LogP contribution is -2.44. The van der Waals surface area contributed by atoms with Crippen LogP contribution in [0.25, 0.3) is 0 Å². The van der Waals surface area contributed by atoms with E-state index in [0.717, 1.165) is 4.31 Å². The first kappa shape index (κ1) is 23.1. The smallest absolute Gasteiger partial charge is 0.243 e. The van der Waals surface area contributed by atoms with Gasteiger partial charge in [-0.1, -0.05) is 25.4 Å². The average Bonchev–Trinajstić information content (AvgIpc) is 2.47. The molecule has 6 nitrogen and oxygen atoms in total. The van der Waals surface area contributed by atoms with Gasteiger partial charge in [0.25, 0.3) is 0 Å². The molecule has 1 aromatic rings. The molecular weight excluding hydrogens is 373 g/mol. The van der Waals surface area contributed by atoms with Crippen LogP contribution in [0, 0.1) is 5.41 Å². The number of rotatable bonds is 7. The van der Waals surface area contributed by atoms with Crippen molar-refractivity contribution in [2.45, 2.75) is 18.7 Å². The van der Waals surface area contributed by atoms with E-state index in [0.29, 0.717) is 18.1 Å². The second-order valence-corrected chi connectivity index (χ2v) is 8.81. The van der Waals surface area contributed by atoms with Crippen molar-refractivity contribution in [2.24, 2.45) is 11.1 Å². The van der Waals surface area contributed by atoms with Gasteiger partial charge < -0.3 is 10.6 Å². The topological polar surface area (TPSA) is 83.7 Å². The quantitative estimate of drug-likeness (QED) is 0.760. The summed E-state index contributed by atoms with van der Waals surface area (Å²) in [7, 11) is -0.711. The van der Waals surface area contributed by atoms with E-state index >= 15 is 0 Å². The zero-order valence-corrected chi connectivity index (χ0v) is 16.7. The molecule has 0 radical (unpaired) electrons. The Balaban J connectivity index is 0.00000529. The number of benzene rings is 1. The molecule has 1 amide bonds. The Morgan fingerprint density at radius 3 is 2.17 bits per heavy atom. The van der Waals surface area contributed by atoms with E-state index in [1.54, 1.807) is 7.05 Å². The molecule has 0 unspecified atom stereocenters. The van der Waals surface area contributed by atoms with Crippen molar-refractivity contribution in [2.75, 3.05) is 33.7 Å². The van der Waals surface area contributed by atoms with Crippen LogP contribution < -0.4 is 5.73 Å². The van der Waals surface area contributed by atoms with Gasteiger partial charge in [0.1, 0.15) is 0 Å². The summed E-state index contributed by atoms with van der Waals surface area (Å²) in [5, 5.41) is 0.450. The summed E-state index contributed by atoms with van der Waals surface area (Å²) in [6, 6.07) is 5.83. The molecule has 0 atom stereocenters. The third-order valence-electron chi connectivity index (χ3n) is 3.52. The second-order valence-electron chi connectivity index (χ2n) is 6.33. The fourth-order valence-electron chi connectivity index (χ4n) is 1.98. The molecule has 2 N–H and O–H groups in total. The van der Waals surface area contributed by atoms with E-state index in [4.69, 9.17) is 17.3 Å². The van der Waals surface area contributed by atoms with Crippen molar-refractivity contribution in [1.29, 1.82) is 0 Å². The summed E-state index contributed by atoms with van der Waals surface area (Å²) in [6.45, 7) is 4.55. The van der Waals surface area contributed by atoms with Crippen molar-refractivity contribution in [1.82, 2.24) is 9.21 Å². The average molecular weight is 398 g/mol. The summed E-state index contributed by atoms with van der Waals surface area (Å²) in [5.74, 6) is -0.286. The molecule has 1 rings (SSSR count). The molecule has 0 aromatic heterocycles. The number of nitrogens with two attached hydrogens (primary N) is 1. The summed E-state index contributed by atoms with van der Waals surface area (Å²) >= 11 is 5.76. The van der Waals surface area contributed by atoms with Crippen LogP contribution in [0.3, 0.4) is 0 Å². The summed E-state index contributed by atoms with van der Waals surface area (Å²) in [5.41, 5.74) is 5.43. The van der Waals surface area contributed by atoms with Gasteiger partial charge in [0.15, 0.2) is 0 Å². The summed E-state index contributed by atoms with van der Waals surface area (Å²) in [4.78, 5) is 13.8. The monoisotopic (exact) mass is 397 g/mol. The first-order valence-electron chi connectivity index (χ1n) is 7.15. The van der Waals surface area contributed by atoms with Crippen LogP contribution in [0.2, 0.25) is 5.02 Å². The van der Waals surface area contributed by atoms with E-state index in [1.165, 1.54) is 36.2 Å². The van der Waals surface area contributed by atoms with Crippen LogP contribution in [0.1, 0.15) is 13.8 Å². The Morgan fingerprint density at radius 1 is 1.21 bits per heavy atom. The van der Waals surface area contributed by atoms with Gasteiger partial charge in [0, 0.05) is 25.7 Å². The largest absolute Gasteiger partial charge is 0.344 e. The molecule has 0 aliphatic carbocycles. The lowest BCUT2D eigenvalue weighted by molar-refractivity contribution is -0.131. The lowest BCUT2D eigenvalue weighted by atomic mass is 9.93. The van der Waals surface area contributed by atoms with Gasteiger partial charge >= 0.3 is 0 Å². The predicted octanol–water partition coefficient (Wildman–Crippen LogP) is 1.83. The maximum atomic E-state index is 12.4. The SMILES string of the molecule is CN(CC(C)(C)CN)C(=O)CN(C)S(=O)(=O)c1ccc(Cl)cc1.Cl. The van der Waals surface area contributed by atoms with Crippen LogP contribution in [-0.2, 0) is 14.8 Å². The van der Waals surface area contributed by atoms with Crippen LogP contribution in [0.4, 0.5) is 0 Å². The van der Waals surface area contributed by atoms with E-state index in [-0.39, 0.29) is 35.2 Å². The Hall–Kier alpha value is -0.860. The van der Waals surface area contributed by atoms with Crippen LogP contribution in [-0.4, -0.2) is 57.3 Å². The van der Waals surface area contributed by atoms with Crippen molar-refractivity contribution in [3.63, 3.8) is 0 Å². The molecule has 0 saturated heterocycles. The Bertz CT molecular complexity index is 648. The van der Waals surface area contributed by atoms with Gasteiger partial charge in [-0.3, -0.25) is 4.79 Å². The number of carbonyl (C=O) groups excluding carboxylic acids is 1. The minimum Gasteiger partial charge on any atom is -0.344 e. The highest BCUT2D eigenvalue weighted by molar-refractivity contribution is 7.89. The molecule has 0 saturated carbocycles. The molecule has 0 fully saturated rings. The lowest BCUT2D eigenvalue weighted by Gasteiger charge is -2.30. The van der Waals surface area contributed by atoms with Crippen molar-refractivity contribution < 1.29 is 13.2 Å². The minimum absolute atomic E-state index is 0. The van der Waals surface area contributed by atoms with E-state index < -0.39 is 10.0 Å². The highest BCUT2D eigenvalue weighted by Gasteiger charge is 2.26. The maximum absolute atomic E-state index is 12.4. The van der Waals surface area contributed by atoms with Crippen LogP contribution in [0.5, 0.6) is 0 Å². The number of halogens is 2. The molecule has 0 aliphatic heterocycles. The second kappa shape index (κ2) is 9.01. The first-order valence-corrected chi connectivity index (χ1v) is 8.97. The summed E-state index contributed by atoms with van der Waals surface area (Å²) in [6.07, 6.45) is 0. The molecule has 24 heavy (non-hydrogen) atoms. The van der Waals surface area contributed by atoms with Crippen molar-refractivity contribution >= 4 is 39.9 Å². The van der Waals surface area contributed by atoms with Gasteiger partial charge in [-0.2, -0.15) is 4.31 Å². The van der Waals surface area contributed by atoms with Crippen molar-refractivity contribution in [3.05, 3.63) is 29.3 Å². The van der Waals surface area contributed by atoms with Gasteiger partial charge in [0.05, 0.1) is 11.4 Å². The number of nitrogens with zero attached hydrogens (tertiary/aromatic N) is 2. The van der Waals surface area contributed by atoms with E-state index in [9.17, 15) is 13.2 Å². The highest BCUT2D eigenvalue weighted by Crippen LogP contribution is 2.18. The van der Waals surface area contributed by atoms with Gasteiger partial charge in [0.2, 0.25) is 15.9 Å². The number of hydrogen-bond donors (Lipinski definition) is 1. The maximum Gasteiger partial charge on any atom is 0.243 e. The Kier molecular flexibility index (Phi) is 8.69. The molecule has 0 bridgehead atoms. The Labute approximate surface area is 155 Å². The number of amides is 1. The molecule has 138 valence electrons. The molecule has 0 heterocycles. The fourth-order valence-corrected chi connectivity index (χ4v) is 3.22. The fraction of sp³-hybridized carbons (Fsp3) is 0.533. The van der Waals surface area contributed by atoms with E-state index in [1.807, 2.05) is 13.8 Å². The number of hydrogen-bond acceptors (Lipinski definition) is 4. The number of likely N-dealkylation sites (N-methyl/N-ethyl adjacent to an activating group) is 2. The zero-order valence-electron chi connectivity index (χ0n) is 14.3. The normalized spacial score (nSPS) is 12.0. The highest BCUT2D eigenvalue weighted by atomic mass is 35.5. The molecular formula is C15H25Cl2N3O3S. The summed E-state index contributed by atoms with van der Waals surface area (Å²) < 4.78 is 25.9. The predicted molar refractivity (Wildman–Crippen MR) is 99.0 cm³/mol. The van der Waals surface area contributed by atoms with Crippen LogP contribution >= 0.6 is 24.0 Å². The van der Waals surface area contributed by atoms with Gasteiger partial charge in [-0.25, -0.2) is 8.42 Å². The van der Waals surface area contributed by atoms with E-state index in [2.05, 4.69) is 0 Å². The third-order valence-corrected chi connectivity index (χ3v) is 5.59. The van der Waals surface area contributed by atoms with Crippen molar-refractivity contribution in [3.8, 4) is 0 Å². The van der Waals surface area contributed by atoms with Crippen LogP contribution in [0.15, 0.2) is 29.2 Å². The molecule has 1 aromatic carbocycles.